The van der Waals surface area contributed by atoms with E-state index in [4.69, 9.17) is 16.3 Å². The van der Waals surface area contributed by atoms with Crippen molar-refractivity contribution in [2.75, 3.05) is 29.0 Å². The summed E-state index contributed by atoms with van der Waals surface area (Å²) in [7, 11) is -3.70. The lowest BCUT2D eigenvalue weighted by Crippen LogP contribution is -2.38. The highest BCUT2D eigenvalue weighted by atomic mass is 35.5. The molecule has 1 amide bonds. The van der Waals surface area contributed by atoms with Crippen LogP contribution in [0.1, 0.15) is 35.2 Å². The first-order valence-corrected chi connectivity index (χ1v) is 13.7. The van der Waals surface area contributed by atoms with Crippen LogP contribution in [0.5, 0.6) is 5.75 Å². The van der Waals surface area contributed by atoms with Crippen LogP contribution in [0.3, 0.4) is 0 Å². The van der Waals surface area contributed by atoms with Crippen molar-refractivity contribution in [3.8, 4) is 11.8 Å². The van der Waals surface area contributed by atoms with E-state index in [0.29, 0.717) is 33.5 Å². The fourth-order valence-corrected chi connectivity index (χ4v) is 5.41. The average molecular weight is 519 g/mol. The minimum absolute atomic E-state index is 0.174. The van der Waals surface area contributed by atoms with E-state index in [-0.39, 0.29) is 11.6 Å². The van der Waals surface area contributed by atoms with Gasteiger partial charge in [-0.2, -0.15) is 5.26 Å². The van der Waals surface area contributed by atoms with Gasteiger partial charge in [-0.1, -0.05) is 17.7 Å². The summed E-state index contributed by atoms with van der Waals surface area (Å²) in [6.07, 6.45) is 8.18. The summed E-state index contributed by atoms with van der Waals surface area (Å²) in [6, 6.07) is 10.5. The van der Waals surface area contributed by atoms with Gasteiger partial charge < -0.3 is 14.4 Å². The second kappa shape index (κ2) is 10.2. The van der Waals surface area contributed by atoms with E-state index in [1.165, 1.54) is 18.0 Å². The highest BCUT2D eigenvalue weighted by molar-refractivity contribution is 8.00. The van der Waals surface area contributed by atoms with Crippen molar-refractivity contribution in [1.82, 2.24) is 4.72 Å². The number of anilines is 2. The number of amides is 1. The molecular weight excluding hydrogens is 496 g/mol. The highest BCUT2D eigenvalue weighted by Gasteiger charge is 2.25. The van der Waals surface area contributed by atoms with Gasteiger partial charge >= 0.3 is 0 Å². The number of benzene rings is 2. The monoisotopic (exact) mass is 518 g/mol. The van der Waals surface area contributed by atoms with Crippen LogP contribution in [0, 0.1) is 11.3 Å². The molecule has 1 unspecified atom stereocenters. The van der Waals surface area contributed by atoms with Crippen molar-refractivity contribution < 1.29 is 17.9 Å². The average Bonchev–Trinajstić information content (AvgIpc) is 2.79. The Morgan fingerprint density at radius 3 is 2.91 bits per heavy atom. The second-order valence-corrected chi connectivity index (χ2v) is 11.0. The van der Waals surface area contributed by atoms with Gasteiger partial charge in [0.25, 0.3) is 5.91 Å². The molecule has 11 heteroatoms. The third-order valence-electron chi connectivity index (χ3n) is 5.51. The Labute approximate surface area is 208 Å². The predicted molar refractivity (Wildman–Crippen MR) is 134 cm³/mol. The Bertz CT molecular complexity index is 1290. The molecule has 1 fully saturated rings. The number of hydrogen-bond acceptors (Lipinski definition) is 8. The highest BCUT2D eigenvalue weighted by Crippen LogP contribution is 2.40. The van der Waals surface area contributed by atoms with Crippen molar-refractivity contribution in [2.24, 2.45) is 0 Å². The zero-order chi connectivity index (χ0) is 24.3. The van der Waals surface area contributed by atoms with Crippen molar-refractivity contribution in [2.45, 2.75) is 30.2 Å². The van der Waals surface area contributed by atoms with E-state index >= 15 is 0 Å². The number of carbonyl (C=O) groups is 1. The third kappa shape index (κ3) is 5.60. The summed E-state index contributed by atoms with van der Waals surface area (Å²) in [5.74, 6) is -0.192. The van der Waals surface area contributed by atoms with Crippen LogP contribution in [0.2, 0.25) is 5.02 Å². The molecule has 4 rings (SSSR count). The standard InChI is InChI=1S/C23H23ClN4O4S2/c1-34(30,31)27-23(29)15-7-8-21-22(12-15)33-26-19-11-16(14-25)18(24)13-20(19)28-9-3-2-5-17(28)6-4-10-32-21/h4,6-8,11-13,17,26H,2-3,5,9-10H2,1H3,(H,27,29)/b6-4+. The largest absolute Gasteiger partial charge is 0.488 e. The van der Waals surface area contributed by atoms with Gasteiger partial charge in [0, 0.05) is 18.2 Å². The Morgan fingerprint density at radius 2 is 2.15 bits per heavy atom. The Morgan fingerprint density at radius 1 is 1.32 bits per heavy atom. The molecule has 0 spiro atoms. The van der Waals surface area contributed by atoms with E-state index in [2.05, 4.69) is 21.8 Å². The molecule has 0 radical (unpaired) electrons. The topological polar surface area (TPSA) is 112 Å². The molecule has 1 atom stereocenters. The molecule has 0 aliphatic carbocycles. The lowest BCUT2D eigenvalue weighted by Gasteiger charge is -2.37. The molecular formula is C23H23ClN4O4S2. The number of piperidine rings is 1. The first-order chi connectivity index (χ1) is 16.2. The predicted octanol–water partition coefficient (Wildman–Crippen LogP) is 4.33. The first-order valence-electron chi connectivity index (χ1n) is 10.6. The molecule has 34 heavy (non-hydrogen) atoms. The normalized spacial score (nSPS) is 18.9. The molecule has 1 saturated heterocycles. The number of ether oxygens (including phenoxy) is 1. The number of nitrogens with zero attached hydrogens (tertiary/aromatic N) is 2. The van der Waals surface area contributed by atoms with Gasteiger partial charge in [-0.25, -0.2) is 13.1 Å². The smallest absolute Gasteiger partial charge is 0.264 e. The number of carbonyl (C=O) groups excluding carboxylic acids is 1. The second-order valence-electron chi connectivity index (χ2n) is 8.03. The van der Waals surface area contributed by atoms with E-state index in [1.807, 2.05) is 16.9 Å². The third-order valence-corrected chi connectivity index (χ3v) is 7.24. The van der Waals surface area contributed by atoms with E-state index < -0.39 is 15.9 Å². The number of nitriles is 1. The Hall–Kier alpha value is -2.87. The van der Waals surface area contributed by atoms with Crippen LogP contribution >= 0.6 is 23.5 Å². The molecule has 0 bridgehead atoms. The molecule has 2 aliphatic heterocycles. The molecule has 2 aromatic carbocycles. The summed E-state index contributed by atoms with van der Waals surface area (Å²) in [6.45, 7) is 1.19. The van der Waals surface area contributed by atoms with Gasteiger partial charge in [0.2, 0.25) is 10.0 Å². The van der Waals surface area contributed by atoms with Gasteiger partial charge in [-0.05, 0) is 67.6 Å². The lowest BCUT2D eigenvalue weighted by atomic mass is 10.00. The number of halogens is 1. The maximum atomic E-state index is 12.4. The molecule has 0 saturated carbocycles. The summed E-state index contributed by atoms with van der Waals surface area (Å²) in [5.41, 5.74) is 2.13. The van der Waals surface area contributed by atoms with E-state index in [9.17, 15) is 18.5 Å². The van der Waals surface area contributed by atoms with Crippen LogP contribution in [-0.4, -0.2) is 39.8 Å². The van der Waals surface area contributed by atoms with Gasteiger partial charge in [0.05, 0.1) is 33.1 Å². The lowest BCUT2D eigenvalue weighted by molar-refractivity contribution is 0.0981. The van der Waals surface area contributed by atoms with E-state index in [1.54, 1.807) is 18.2 Å². The molecule has 0 aromatic heterocycles. The Balaban J connectivity index is 1.75. The number of nitrogens with one attached hydrogen (secondary N) is 2. The van der Waals surface area contributed by atoms with Crippen LogP contribution < -0.4 is 19.1 Å². The molecule has 2 aliphatic rings. The molecule has 178 valence electrons. The van der Waals surface area contributed by atoms with Crippen LogP contribution in [0.15, 0.2) is 47.4 Å². The van der Waals surface area contributed by atoms with Crippen LogP contribution in [-0.2, 0) is 10.0 Å². The summed E-state index contributed by atoms with van der Waals surface area (Å²) < 4.78 is 34.2. The van der Waals surface area contributed by atoms with Crippen molar-refractivity contribution >= 4 is 50.9 Å². The fraction of sp³-hybridized carbons (Fsp3) is 0.304. The maximum Gasteiger partial charge on any atom is 0.264 e. The number of hydrogen-bond donors (Lipinski definition) is 2. The Kier molecular flexibility index (Phi) is 7.26. The van der Waals surface area contributed by atoms with E-state index in [0.717, 1.165) is 37.8 Å². The first kappa shape index (κ1) is 24.3. The molecule has 2 aromatic rings. The van der Waals surface area contributed by atoms with Crippen molar-refractivity contribution in [3.63, 3.8) is 0 Å². The minimum atomic E-state index is -3.70. The molecule has 2 N–H and O–H groups in total. The maximum absolute atomic E-state index is 12.4. The molecule has 2 heterocycles. The van der Waals surface area contributed by atoms with Crippen molar-refractivity contribution in [1.29, 1.82) is 5.26 Å². The zero-order valence-corrected chi connectivity index (χ0v) is 20.8. The van der Waals surface area contributed by atoms with Crippen molar-refractivity contribution in [3.05, 3.63) is 58.6 Å². The molecule has 8 nitrogen and oxygen atoms in total. The summed E-state index contributed by atoms with van der Waals surface area (Å²) in [5, 5.41) is 9.89. The number of fused-ring (bicyclic) bond motifs is 4. The number of rotatable bonds is 2. The van der Waals surface area contributed by atoms with Gasteiger partial charge in [-0.3, -0.25) is 4.79 Å². The van der Waals surface area contributed by atoms with Crippen LogP contribution in [0.25, 0.3) is 0 Å². The van der Waals surface area contributed by atoms with Crippen LogP contribution in [0.4, 0.5) is 11.4 Å². The summed E-state index contributed by atoms with van der Waals surface area (Å²) in [4.78, 5) is 15.2. The fourth-order valence-electron chi connectivity index (χ4n) is 3.96. The zero-order valence-electron chi connectivity index (χ0n) is 18.4. The number of sulfonamides is 1. The SMILES string of the molecule is CS(=O)(=O)NC(=O)c1ccc2c(c1)SNc1cc(C#N)c(Cl)cc1N1CCCCC1/C=C/CO2. The van der Waals surface area contributed by atoms with Gasteiger partial charge in [0.15, 0.2) is 0 Å². The van der Waals surface area contributed by atoms with Gasteiger partial charge in [-0.15, -0.1) is 0 Å². The van der Waals surface area contributed by atoms with Gasteiger partial charge in [0.1, 0.15) is 18.4 Å². The quantitative estimate of drug-likeness (QED) is 0.446. The minimum Gasteiger partial charge on any atom is -0.488 e. The summed E-state index contributed by atoms with van der Waals surface area (Å²) >= 11 is 7.60.